The molecule has 0 saturated heterocycles. The third-order valence-corrected chi connectivity index (χ3v) is 1.57. The van der Waals surface area contributed by atoms with Crippen LogP contribution in [0.4, 0.5) is 0 Å². The van der Waals surface area contributed by atoms with Crippen molar-refractivity contribution in [1.82, 2.24) is 0 Å². The highest BCUT2D eigenvalue weighted by Crippen LogP contribution is 2.13. The molecule has 52 valence electrons. The Morgan fingerprint density at radius 1 is 1.67 bits per heavy atom. The third-order valence-electron chi connectivity index (χ3n) is 1.57. The predicted molar refractivity (Wildman–Crippen MR) is 43.4 cm³/mol. The summed E-state index contributed by atoms with van der Waals surface area (Å²) in [7, 11) is 0. The van der Waals surface area contributed by atoms with E-state index in [0.717, 1.165) is 6.42 Å². The molecule has 0 bridgehead atoms. The van der Waals surface area contributed by atoms with Crippen LogP contribution in [-0.2, 0) is 0 Å². The van der Waals surface area contributed by atoms with Crippen LogP contribution >= 0.6 is 0 Å². The summed E-state index contributed by atoms with van der Waals surface area (Å²) in [4.78, 5) is 0. The Kier molecular flexibility index (Phi) is 4.12. The van der Waals surface area contributed by atoms with Crippen LogP contribution in [-0.4, -0.2) is 0 Å². The minimum atomic E-state index is 0.491. The Morgan fingerprint density at radius 2 is 2.22 bits per heavy atom. The van der Waals surface area contributed by atoms with E-state index in [4.69, 9.17) is 0 Å². The fourth-order valence-corrected chi connectivity index (χ4v) is 0.715. The van der Waals surface area contributed by atoms with Crippen LogP contribution in [0, 0.1) is 5.92 Å². The molecule has 0 N–H and O–H groups in total. The van der Waals surface area contributed by atoms with Crippen molar-refractivity contribution >= 4 is 0 Å². The molecule has 0 radical (unpaired) electrons. The molecule has 0 aromatic rings. The highest BCUT2D eigenvalue weighted by molar-refractivity contribution is 5.05. The second-order valence-electron chi connectivity index (χ2n) is 2.43. The zero-order valence-corrected chi connectivity index (χ0v) is 6.48. The zero-order chi connectivity index (χ0) is 7.28. The quantitative estimate of drug-likeness (QED) is 0.505. The van der Waals surface area contributed by atoms with Gasteiger partial charge in [-0.05, 0) is 12.3 Å². The smallest absolute Gasteiger partial charge is 0.00570 e. The average Bonchev–Trinajstić information content (AvgIpc) is 1.87. The molecule has 0 aliphatic rings. The van der Waals surface area contributed by atoms with Gasteiger partial charge in [0.1, 0.15) is 0 Å². The summed E-state index contributed by atoms with van der Waals surface area (Å²) >= 11 is 0. The summed E-state index contributed by atoms with van der Waals surface area (Å²) in [6.45, 7) is 11.9. The van der Waals surface area contributed by atoms with Gasteiger partial charge in [-0.15, -0.1) is 6.58 Å². The van der Waals surface area contributed by atoms with Crippen molar-refractivity contribution in [3.8, 4) is 0 Å². The molecular weight excluding hydrogens is 108 g/mol. The standard InChI is InChI=1S/C9H16/c1-5-7-9(4)8(3)6-2/h6,8H,2,4-5,7H2,1,3H3. The third kappa shape index (κ3) is 3.12. The van der Waals surface area contributed by atoms with Crippen LogP contribution in [0.3, 0.4) is 0 Å². The second kappa shape index (κ2) is 4.37. The van der Waals surface area contributed by atoms with Gasteiger partial charge in [-0.2, -0.15) is 0 Å². The van der Waals surface area contributed by atoms with Crippen LogP contribution < -0.4 is 0 Å². The van der Waals surface area contributed by atoms with Gasteiger partial charge < -0.3 is 0 Å². The second-order valence-corrected chi connectivity index (χ2v) is 2.43. The Balaban J connectivity index is 3.58. The lowest BCUT2D eigenvalue weighted by molar-refractivity contribution is 0.767. The first-order chi connectivity index (χ1) is 4.22. The SMILES string of the molecule is C=CC(C)C(=C)CCC. The minimum Gasteiger partial charge on any atom is -0.102 e. The van der Waals surface area contributed by atoms with Crippen molar-refractivity contribution in [3.05, 3.63) is 24.8 Å². The summed E-state index contributed by atoms with van der Waals surface area (Å²) in [5.41, 5.74) is 1.30. The first-order valence-electron chi connectivity index (χ1n) is 3.52. The normalized spacial score (nSPS) is 12.7. The van der Waals surface area contributed by atoms with Crippen molar-refractivity contribution < 1.29 is 0 Å². The fraction of sp³-hybridized carbons (Fsp3) is 0.556. The summed E-state index contributed by atoms with van der Waals surface area (Å²) < 4.78 is 0. The molecular formula is C9H16. The van der Waals surface area contributed by atoms with Crippen LogP contribution in [0.15, 0.2) is 24.8 Å². The van der Waals surface area contributed by atoms with Crippen LogP contribution in [0.2, 0.25) is 0 Å². The first kappa shape index (κ1) is 8.48. The molecule has 0 heterocycles. The van der Waals surface area contributed by atoms with Gasteiger partial charge in [-0.3, -0.25) is 0 Å². The zero-order valence-electron chi connectivity index (χ0n) is 6.48. The molecule has 0 heteroatoms. The summed E-state index contributed by atoms with van der Waals surface area (Å²) in [5.74, 6) is 0.491. The van der Waals surface area contributed by atoms with Crippen molar-refractivity contribution in [2.24, 2.45) is 5.92 Å². The fourth-order valence-electron chi connectivity index (χ4n) is 0.715. The summed E-state index contributed by atoms with van der Waals surface area (Å²) in [6, 6.07) is 0. The molecule has 0 amide bonds. The van der Waals surface area contributed by atoms with Gasteiger partial charge >= 0.3 is 0 Å². The molecule has 1 atom stereocenters. The lowest BCUT2D eigenvalue weighted by atomic mass is 9.99. The number of rotatable bonds is 4. The molecule has 0 fully saturated rings. The van der Waals surface area contributed by atoms with E-state index in [1.54, 1.807) is 0 Å². The molecule has 0 spiro atoms. The van der Waals surface area contributed by atoms with E-state index in [2.05, 4.69) is 27.0 Å². The Labute approximate surface area is 58.3 Å². The summed E-state index contributed by atoms with van der Waals surface area (Å²) in [5, 5.41) is 0. The monoisotopic (exact) mass is 124 g/mol. The van der Waals surface area contributed by atoms with Crippen molar-refractivity contribution in [2.45, 2.75) is 26.7 Å². The van der Waals surface area contributed by atoms with E-state index in [1.165, 1.54) is 12.0 Å². The van der Waals surface area contributed by atoms with E-state index in [-0.39, 0.29) is 0 Å². The van der Waals surface area contributed by atoms with E-state index in [0.29, 0.717) is 5.92 Å². The Morgan fingerprint density at radius 3 is 2.56 bits per heavy atom. The first-order valence-corrected chi connectivity index (χ1v) is 3.52. The van der Waals surface area contributed by atoms with E-state index in [9.17, 15) is 0 Å². The predicted octanol–water partition coefficient (Wildman–Crippen LogP) is 3.16. The van der Waals surface area contributed by atoms with Crippen molar-refractivity contribution in [1.29, 1.82) is 0 Å². The molecule has 0 aliphatic carbocycles. The van der Waals surface area contributed by atoms with E-state index in [1.807, 2.05) is 6.08 Å². The maximum Gasteiger partial charge on any atom is -0.00570 e. The lowest BCUT2D eigenvalue weighted by Crippen LogP contribution is -1.92. The molecule has 0 aromatic carbocycles. The van der Waals surface area contributed by atoms with Crippen molar-refractivity contribution in [2.75, 3.05) is 0 Å². The van der Waals surface area contributed by atoms with Crippen LogP contribution in [0.1, 0.15) is 26.7 Å². The van der Waals surface area contributed by atoms with Crippen molar-refractivity contribution in [3.63, 3.8) is 0 Å². The molecule has 0 nitrogen and oxygen atoms in total. The van der Waals surface area contributed by atoms with Gasteiger partial charge in [0.05, 0.1) is 0 Å². The Bertz CT molecular complexity index is 101. The maximum absolute atomic E-state index is 3.94. The van der Waals surface area contributed by atoms with Gasteiger partial charge in [0.2, 0.25) is 0 Å². The average molecular weight is 124 g/mol. The van der Waals surface area contributed by atoms with Gasteiger partial charge in [0.15, 0.2) is 0 Å². The molecule has 1 unspecified atom stereocenters. The van der Waals surface area contributed by atoms with Crippen LogP contribution in [0.5, 0.6) is 0 Å². The van der Waals surface area contributed by atoms with Crippen LogP contribution in [0.25, 0.3) is 0 Å². The van der Waals surface area contributed by atoms with E-state index >= 15 is 0 Å². The molecule has 0 aliphatic heterocycles. The van der Waals surface area contributed by atoms with Gasteiger partial charge in [0.25, 0.3) is 0 Å². The molecule has 0 aromatic heterocycles. The van der Waals surface area contributed by atoms with Gasteiger partial charge in [-0.25, -0.2) is 0 Å². The largest absolute Gasteiger partial charge is 0.102 e. The van der Waals surface area contributed by atoms with E-state index < -0.39 is 0 Å². The molecule has 9 heavy (non-hydrogen) atoms. The topological polar surface area (TPSA) is 0 Å². The highest BCUT2D eigenvalue weighted by atomic mass is 14.0. The number of hydrogen-bond acceptors (Lipinski definition) is 0. The maximum atomic E-state index is 3.94. The number of allylic oxidation sites excluding steroid dienone is 2. The minimum absolute atomic E-state index is 0.491. The molecule has 0 saturated carbocycles. The summed E-state index contributed by atoms with van der Waals surface area (Å²) in [6.07, 6.45) is 4.27. The lowest BCUT2D eigenvalue weighted by Gasteiger charge is -2.07. The highest BCUT2D eigenvalue weighted by Gasteiger charge is 1.98. The van der Waals surface area contributed by atoms with Gasteiger partial charge in [-0.1, -0.05) is 38.5 Å². The number of hydrogen-bond donors (Lipinski definition) is 0. The van der Waals surface area contributed by atoms with Gasteiger partial charge in [0, 0.05) is 0 Å². The Hall–Kier alpha value is -0.520. The molecule has 0 rings (SSSR count).